The summed E-state index contributed by atoms with van der Waals surface area (Å²) in [5, 5.41) is 0. The molecule has 5 heteroatoms. The summed E-state index contributed by atoms with van der Waals surface area (Å²) < 4.78 is 0. The van der Waals surface area contributed by atoms with Crippen molar-refractivity contribution in [3.63, 3.8) is 0 Å². The van der Waals surface area contributed by atoms with Crippen LogP contribution in [-0.4, -0.2) is 29.1 Å². The molecule has 0 spiro atoms. The maximum absolute atomic E-state index is 5.91. The summed E-state index contributed by atoms with van der Waals surface area (Å²) in [5.41, 5.74) is 12.6. The monoisotopic (exact) mass is 235 g/mol. The number of anilines is 2. The van der Waals surface area contributed by atoms with Crippen molar-refractivity contribution in [2.45, 2.75) is 38.6 Å². The highest BCUT2D eigenvalue weighted by molar-refractivity contribution is 5.46. The molecule has 4 N–H and O–H groups in total. The summed E-state index contributed by atoms with van der Waals surface area (Å²) in [6.45, 7) is 8.15. The minimum Gasteiger partial charge on any atom is -0.368 e. The summed E-state index contributed by atoms with van der Waals surface area (Å²) in [7, 11) is 0. The summed E-state index contributed by atoms with van der Waals surface area (Å²) in [4.78, 5) is 10.8. The van der Waals surface area contributed by atoms with Crippen LogP contribution in [0, 0.1) is 0 Å². The molecule has 94 valence electrons. The lowest BCUT2D eigenvalue weighted by molar-refractivity contribution is 0.568. The normalized spacial score (nSPS) is 20.9. The van der Waals surface area contributed by atoms with Gasteiger partial charge in [0, 0.05) is 30.6 Å². The van der Waals surface area contributed by atoms with Gasteiger partial charge in [-0.15, -0.1) is 0 Å². The van der Waals surface area contributed by atoms with E-state index < -0.39 is 0 Å². The lowest BCUT2D eigenvalue weighted by Gasteiger charge is -2.22. The topological polar surface area (TPSA) is 81.1 Å². The number of hydrogen-bond acceptors (Lipinski definition) is 5. The van der Waals surface area contributed by atoms with Crippen molar-refractivity contribution >= 4 is 11.8 Å². The van der Waals surface area contributed by atoms with Gasteiger partial charge in [0.15, 0.2) is 0 Å². The number of nitrogens with two attached hydrogens (primary N) is 2. The number of rotatable bonds is 1. The van der Waals surface area contributed by atoms with Crippen molar-refractivity contribution in [1.29, 1.82) is 0 Å². The number of nitrogens with zero attached hydrogens (tertiary/aromatic N) is 3. The summed E-state index contributed by atoms with van der Waals surface area (Å²) in [6.07, 6.45) is 1.01. The largest absolute Gasteiger partial charge is 0.368 e. The Kier molecular flexibility index (Phi) is 2.95. The van der Waals surface area contributed by atoms with Gasteiger partial charge in [-0.05, 0) is 6.42 Å². The molecule has 5 nitrogen and oxygen atoms in total. The zero-order valence-corrected chi connectivity index (χ0v) is 10.8. The standard InChI is InChI=1S/C12H21N5/c1-12(2,3)9-6-10(16-11(14)15-9)17-5-4-8(13)7-17/h6,8H,4-5,7,13H2,1-3H3,(H2,14,15,16)/t8-/m0/s1. The third-order valence-electron chi connectivity index (χ3n) is 3.05. The van der Waals surface area contributed by atoms with E-state index in [1.54, 1.807) is 0 Å². The molecule has 0 aliphatic carbocycles. The molecule has 0 unspecified atom stereocenters. The molecule has 1 fully saturated rings. The van der Waals surface area contributed by atoms with Crippen LogP contribution in [0.1, 0.15) is 32.9 Å². The van der Waals surface area contributed by atoms with E-state index in [4.69, 9.17) is 11.5 Å². The second-order valence-electron chi connectivity index (χ2n) is 5.71. The number of nitrogen functional groups attached to an aromatic ring is 1. The highest BCUT2D eigenvalue weighted by atomic mass is 15.2. The van der Waals surface area contributed by atoms with Gasteiger partial charge in [-0.1, -0.05) is 20.8 Å². The fraction of sp³-hybridized carbons (Fsp3) is 0.667. The lowest BCUT2D eigenvalue weighted by Crippen LogP contribution is -2.28. The Hall–Kier alpha value is -1.36. The van der Waals surface area contributed by atoms with Crippen LogP contribution in [0.4, 0.5) is 11.8 Å². The van der Waals surface area contributed by atoms with E-state index in [1.165, 1.54) is 0 Å². The number of aromatic nitrogens is 2. The maximum Gasteiger partial charge on any atom is 0.222 e. The van der Waals surface area contributed by atoms with Gasteiger partial charge in [0.1, 0.15) is 5.82 Å². The van der Waals surface area contributed by atoms with Gasteiger partial charge in [-0.2, -0.15) is 4.98 Å². The molecule has 1 aliphatic rings. The van der Waals surface area contributed by atoms with Crippen molar-refractivity contribution in [3.8, 4) is 0 Å². The van der Waals surface area contributed by atoms with Crippen LogP contribution in [-0.2, 0) is 5.41 Å². The van der Waals surface area contributed by atoms with Gasteiger partial charge in [0.2, 0.25) is 5.95 Å². The van der Waals surface area contributed by atoms with Crippen LogP contribution in [0.25, 0.3) is 0 Å². The Morgan fingerprint density at radius 2 is 2.06 bits per heavy atom. The molecule has 1 saturated heterocycles. The number of hydrogen-bond donors (Lipinski definition) is 2. The Morgan fingerprint density at radius 3 is 2.59 bits per heavy atom. The molecule has 1 aliphatic heterocycles. The Bertz CT molecular complexity index is 410. The van der Waals surface area contributed by atoms with Crippen molar-refractivity contribution in [2.24, 2.45) is 5.73 Å². The summed E-state index contributed by atoms with van der Waals surface area (Å²) >= 11 is 0. The molecule has 2 rings (SSSR count). The second-order valence-corrected chi connectivity index (χ2v) is 5.71. The first kappa shape index (κ1) is 12.1. The Labute approximate surface area is 102 Å². The van der Waals surface area contributed by atoms with Gasteiger partial charge < -0.3 is 16.4 Å². The summed E-state index contributed by atoms with van der Waals surface area (Å²) in [5.74, 6) is 1.24. The third-order valence-corrected chi connectivity index (χ3v) is 3.05. The van der Waals surface area contributed by atoms with Crippen LogP contribution in [0.2, 0.25) is 0 Å². The van der Waals surface area contributed by atoms with Crippen molar-refractivity contribution < 1.29 is 0 Å². The predicted octanol–water partition coefficient (Wildman–Crippen LogP) is 0.894. The molecule has 1 atom stereocenters. The zero-order chi connectivity index (χ0) is 12.6. The minimum absolute atomic E-state index is 0.0202. The van der Waals surface area contributed by atoms with Crippen LogP contribution in [0.3, 0.4) is 0 Å². The zero-order valence-electron chi connectivity index (χ0n) is 10.8. The SMILES string of the molecule is CC(C)(C)c1cc(N2CC[C@H](N)C2)nc(N)n1. The van der Waals surface area contributed by atoms with Gasteiger partial charge in [-0.25, -0.2) is 4.98 Å². The first-order valence-corrected chi connectivity index (χ1v) is 6.02. The van der Waals surface area contributed by atoms with Crippen molar-refractivity contribution in [3.05, 3.63) is 11.8 Å². The molecule has 0 aromatic carbocycles. The fourth-order valence-corrected chi connectivity index (χ4v) is 1.99. The van der Waals surface area contributed by atoms with E-state index in [0.717, 1.165) is 31.0 Å². The Balaban J connectivity index is 2.32. The molecule has 0 bridgehead atoms. The quantitative estimate of drug-likeness (QED) is 0.755. The van der Waals surface area contributed by atoms with E-state index in [2.05, 4.69) is 35.6 Å². The molecule has 0 saturated carbocycles. The van der Waals surface area contributed by atoms with Crippen molar-refractivity contribution in [2.75, 3.05) is 23.7 Å². The highest BCUT2D eigenvalue weighted by Gasteiger charge is 2.23. The van der Waals surface area contributed by atoms with E-state index in [1.807, 2.05) is 6.07 Å². The predicted molar refractivity (Wildman–Crippen MR) is 69.9 cm³/mol. The molecule has 0 radical (unpaired) electrons. The van der Waals surface area contributed by atoms with E-state index in [-0.39, 0.29) is 11.5 Å². The van der Waals surface area contributed by atoms with Gasteiger partial charge >= 0.3 is 0 Å². The highest BCUT2D eigenvalue weighted by Crippen LogP contribution is 2.25. The van der Waals surface area contributed by atoms with E-state index >= 15 is 0 Å². The molecular weight excluding hydrogens is 214 g/mol. The third kappa shape index (κ3) is 2.66. The average Bonchev–Trinajstić information content (AvgIpc) is 2.62. The van der Waals surface area contributed by atoms with Crippen molar-refractivity contribution in [1.82, 2.24) is 9.97 Å². The van der Waals surface area contributed by atoms with Crippen LogP contribution in [0.5, 0.6) is 0 Å². The van der Waals surface area contributed by atoms with Crippen LogP contribution < -0.4 is 16.4 Å². The van der Waals surface area contributed by atoms with Gasteiger partial charge in [-0.3, -0.25) is 0 Å². The van der Waals surface area contributed by atoms with E-state index in [9.17, 15) is 0 Å². The molecule has 17 heavy (non-hydrogen) atoms. The van der Waals surface area contributed by atoms with Crippen LogP contribution in [0.15, 0.2) is 6.07 Å². The first-order chi connectivity index (χ1) is 7.86. The summed E-state index contributed by atoms with van der Waals surface area (Å²) in [6, 6.07) is 2.26. The van der Waals surface area contributed by atoms with Gasteiger partial charge in [0.05, 0.1) is 5.69 Å². The molecule has 1 aromatic heterocycles. The minimum atomic E-state index is -0.0202. The van der Waals surface area contributed by atoms with Gasteiger partial charge in [0.25, 0.3) is 0 Å². The molecular formula is C12H21N5. The fourth-order valence-electron chi connectivity index (χ4n) is 1.99. The van der Waals surface area contributed by atoms with Crippen LogP contribution >= 0.6 is 0 Å². The Morgan fingerprint density at radius 1 is 1.35 bits per heavy atom. The molecule has 1 aromatic rings. The molecule has 2 heterocycles. The smallest absolute Gasteiger partial charge is 0.222 e. The average molecular weight is 235 g/mol. The maximum atomic E-state index is 5.91. The second kappa shape index (κ2) is 4.14. The first-order valence-electron chi connectivity index (χ1n) is 6.02. The van der Waals surface area contributed by atoms with E-state index in [0.29, 0.717) is 5.95 Å². The lowest BCUT2D eigenvalue weighted by atomic mass is 9.92. The molecule has 0 amide bonds.